The molecule has 0 aliphatic carbocycles. The van der Waals surface area contributed by atoms with E-state index in [0.29, 0.717) is 5.69 Å². The van der Waals surface area contributed by atoms with Crippen molar-refractivity contribution in [3.05, 3.63) is 59.0 Å². The van der Waals surface area contributed by atoms with E-state index in [1.165, 1.54) is 0 Å². The van der Waals surface area contributed by atoms with Gasteiger partial charge in [0, 0.05) is 12.3 Å². The van der Waals surface area contributed by atoms with Gasteiger partial charge < -0.3 is 9.30 Å². The van der Waals surface area contributed by atoms with Crippen LogP contribution in [0.2, 0.25) is 0 Å². The highest BCUT2D eigenvalue weighted by molar-refractivity contribution is 7.98. The zero-order valence-electron chi connectivity index (χ0n) is 14.0. The summed E-state index contributed by atoms with van der Waals surface area (Å²) in [6, 6.07) is 15.0. The molecule has 128 valence electrons. The zero-order chi connectivity index (χ0) is 17.6. The van der Waals surface area contributed by atoms with Crippen molar-refractivity contribution in [3.63, 3.8) is 0 Å². The first-order valence-electron chi connectivity index (χ1n) is 7.88. The lowest BCUT2D eigenvalue weighted by Crippen LogP contribution is -2.01. The van der Waals surface area contributed by atoms with E-state index in [9.17, 15) is 4.91 Å². The molecule has 0 radical (unpaired) electrons. The van der Waals surface area contributed by atoms with E-state index in [-0.39, 0.29) is 0 Å². The van der Waals surface area contributed by atoms with E-state index in [1.807, 2.05) is 36.4 Å². The van der Waals surface area contributed by atoms with Crippen LogP contribution in [0, 0.1) is 4.91 Å². The second-order valence-corrected chi connectivity index (χ2v) is 6.24. The summed E-state index contributed by atoms with van der Waals surface area (Å²) >= 11 is 1.61. The van der Waals surface area contributed by atoms with Gasteiger partial charge in [-0.25, -0.2) is 0 Å². The highest BCUT2D eigenvalue weighted by Gasteiger charge is 2.16. The van der Waals surface area contributed by atoms with Crippen molar-refractivity contribution >= 4 is 17.4 Å². The number of nitroso groups, excluding NO2 is 1. The highest BCUT2D eigenvalue weighted by Crippen LogP contribution is 2.31. The van der Waals surface area contributed by atoms with E-state index >= 15 is 0 Å². The van der Waals surface area contributed by atoms with Crippen LogP contribution in [0.1, 0.15) is 12.5 Å². The van der Waals surface area contributed by atoms with Gasteiger partial charge in [0.15, 0.2) is 11.0 Å². The van der Waals surface area contributed by atoms with Crippen LogP contribution in [0.5, 0.6) is 5.75 Å². The maximum absolute atomic E-state index is 10.5. The molecule has 0 fully saturated rings. The van der Waals surface area contributed by atoms with Crippen LogP contribution < -0.4 is 4.74 Å². The Balaban J connectivity index is 1.83. The lowest BCUT2D eigenvalue weighted by atomic mass is 10.2. The predicted octanol–water partition coefficient (Wildman–Crippen LogP) is 4.66. The van der Waals surface area contributed by atoms with Gasteiger partial charge in [-0.3, -0.25) is 0 Å². The Morgan fingerprint density at radius 2 is 1.88 bits per heavy atom. The van der Waals surface area contributed by atoms with Gasteiger partial charge in [0.1, 0.15) is 11.4 Å². The highest BCUT2D eigenvalue weighted by atomic mass is 32.2. The number of methoxy groups -OCH3 is 1. The smallest absolute Gasteiger partial charge is 0.191 e. The van der Waals surface area contributed by atoms with E-state index in [2.05, 4.69) is 26.9 Å². The number of benzene rings is 2. The Morgan fingerprint density at radius 1 is 1.12 bits per heavy atom. The van der Waals surface area contributed by atoms with Crippen LogP contribution in [0.3, 0.4) is 0 Å². The second-order valence-electron chi connectivity index (χ2n) is 5.30. The fourth-order valence-electron chi connectivity index (χ4n) is 2.51. The SMILES string of the molecule is CCn1c(SCc2ccc(N=O)cc2)nnc1-c1ccccc1OC. The number of hydrogen-bond acceptors (Lipinski definition) is 6. The molecule has 0 bridgehead atoms. The summed E-state index contributed by atoms with van der Waals surface area (Å²) in [5, 5.41) is 12.5. The summed E-state index contributed by atoms with van der Waals surface area (Å²) in [4.78, 5) is 10.5. The predicted molar refractivity (Wildman–Crippen MR) is 99.1 cm³/mol. The Morgan fingerprint density at radius 3 is 2.56 bits per heavy atom. The average Bonchev–Trinajstić information content (AvgIpc) is 3.09. The van der Waals surface area contributed by atoms with Crippen LogP contribution in [0.15, 0.2) is 58.9 Å². The van der Waals surface area contributed by atoms with Crippen LogP contribution >= 0.6 is 11.8 Å². The van der Waals surface area contributed by atoms with Gasteiger partial charge in [-0.05, 0) is 41.9 Å². The number of ether oxygens (including phenoxy) is 1. The molecule has 0 aliphatic heterocycles. The summed E-state index contributed by atoms with van der Waals surface area (Å²) in [6.07, 6.45) is 0. The van der Waals surface area contributed by atoms with Crippen molar-refractivity contribution in [2.24, 2.45) is 5.18 Å². The quantitative estimate of drug-likeness (QED) is 0.456. The largest absolute Gasteiger partial charge is 0.496 e. The summed E-state index contributed by atoms with van der Waals surface area (Å²) in [5.74, 6) is 2.31. The normalized spacial score (nSPS) is 10.6. The molecule has 0 saturated carbocycles. The molecule has 0 saturated heterocycles. The Labute approximate surface area is 150 Å². The van der Waals surface area contributed by atoms with Gasteiger partial charge in [-0.1, -0.05) is 36.0 Å². The van der Waals surface area contributed by atoms with E-state index in [4.69, 9.17) is 4.74 Å². The first-order chi connectivity index (χ1) is 12.3. The lowest BCUT2D eigenvalue weighted by Gasteiger charge is -2.10. The zero-order valence-corrected chi connectivity index (χ0v) is 14.9. The number of aromatic nitrogens is 3. The topological polar surface area (TPSA) is 69.4 Å². The molecule has 1 aromatic heterocycles. The fourth-order valence-corrected chi connectivity index (χ4v) is 3.47. The van der Waals surface area contributed by atoms with Crippen LogP contribution in [0.4, 0.5) is 5.69 Å². The molecule has 7 heteroatoms. The molecular formula is C18H18N4O2S. The van der Waals surface area contributed by atoms with E-state index < -0.39 is 0 Å². The Hall–Kier alpha value is -2.67. The second kappa shape index (κ2) is 7.94. The van der Waals surface area contributed by atoms with Gasteiger partial charge in [0.25, 0.3) is 0 Å². The van der Waals surface area contributed by atoms with Crippen molar-refractivity contribution in [3.8, 4) is 17.1 Å². The van der Waals surface area contributed by atoms with Crippen molar-refractivity contribution in [2.75, 3.05) is 7.11 Å². The number of nitrogens with zero attached hydrogens (tertiary/aromatic N) is 4. The minimum Gasteiger partial charge on any atom is -0.496 e. The molecule has 0 N–H and O–H groups in total. The summed E-state index contributed by atoms with van der Waals surface area (Å²) in [6.45, 7) is 2.83. The standard InChI is InChI=1S/C18H18N4O2S/c1-3-22-17(15-6-4-5-7-16(15)24-2)19-20-18(22)25-12-13-8-10-14(21-23)11-9-13/h4-11H,3,12H2,1-2H3. The van der Waals surface area contributed by atoms with Gasteiger partial charge in [-0.15, -0.1) is 15.1 Å². The molecule has 3 aromatic rings. The van der Waals surface area contributed by atoms with Crippen molar-refractivity contribution in [2.45, 2.75) is 24.4 Å². The molecule has 6 nitrogen and oxygen atoms in total. The third kappa shape index (κ3) is 3.71. The average molecular weight is 354 g/mol. The van der Waals surface area contributed by atoms with Crippen molar-refractivity contribution in [1.82, 2.24) is 14.8 Å². The molecular weight excluding hydrogens is 336 g/mol. The van der Waals surface area contributed by atoms with Crippen LogP contribution in [-0.2, 0) is 12.3 Å². The van der Waals surface area contributed by atoms with Gasteiger partial charge in [-0.2, -0.15) is 0 Å². The molecule has 25 heavy (non-hydrogen) atoms. The van der Waals surface area contributed by atoms with Gasteiger partial charge in [0.2, 0.25) is 0 Å². The molecule has 3 rings (SSSR count). The molecule has 1 heterocycles. The third-order valence-electron chi connectivity index (χ3n) is 3.79. The summed E-state index contributed by atoms with van der Waals surface area (Å²) in [7, 11) is 1.65. The number of thioether (sulfide) groups is 1. The number of para-hydroxylation sites is 1. The Kier molecular flexibility index (Phi) is 5.45. The third-order valence-corrected chi connectivity index (χ3v) is 4.83. The van der Waals surface area contributed by atoms with Gasteiger partial charge >= 0.3 is 0 Å². The summed E-state index contributed by atoms with van der Waals surface area (Å²) in [5.41, 5.74) is 2.46. The van der Waals surface area contributed by atoms with E-state index in [0.717, 1.165) is 40.2 Å². The van der Waals surface area contributed by atoms with E-state index in [1.54, 1.807) is 31.0 Å². The number of hydrogen-bond donors (Lipinski definition) is 0. The minimum absolute atomic E-state index is 0.434. The Bertz CT molecular complexity index is 862. The first kappa shape index (κ1) is 17.2. The molecule has 0 unspecified atom stereocenters. The molecule has 0 aliphatic rings. The molecule has 2 aromatic carbocycles. The monoisotopic (exact) mass is 354 g/mol. The maximum Gasteiger partial charge on any atom is 0.191 e. The van der Waals surface area contributed by atoms with Gasteiger partial charge in [0.05, 0.1) is 12.7 Å². The molecule has 0 amide bonds. The summed E-state index contributed by atoms with van der Waals surface area (Å²) < 4.78 is 7.51. The number of rotatable bonds is 7. The van der Waals surface area contributed by atoms with Crippen LogP contribution in [0.25, 0.3) is 11.4 Å². The molecule has 0 atom stereocenters. The first-order valence-corrected chi connectivity index (χ1v) is 8.87. The minimum atomic E-state index is 0.434. The lowest BCUT2D eigenvalue weighted by molar-refractivity contribution is 0.416. The maximum atomic E-state index is 10.5. The van der Waals surface area contributed by atoms with Crippen LogP contribution in [-0.4, -0.2) is 21.9 Å². The van der Waals surface area contributed by atoms with Crippen molar-refractivity contribution in [1.29, 1.82) is 0 Å². The fraction of sp³-hybridized carbons (Fsp3) is 0.222. The molecule has 0 spiro atoms. The van der Waals surface area contributed by atoms with Crippen molar-refractivity contribution < 1.29 is 4.74 Å².